The number of amides is 2. The van der Waals surface area contributed by atoms with Crippen LogP contribution in [0.4, 0.5) is 4.79 Å². The third kappa shape index (κ3) is 10.2. The number of hydrogen-bond acceptors (Lipinski definition) is 7. The number of carbonyl (C=O) groups excluding carboxylic acids is 2. The van der Waals surface area contributed by atoms with Gasteiger partial charge in [0.25, 0.3) is 5.91 Å². The molecule has 1 atom stereocenters. The van der Waals surface area contributed by atoms with Gasteiger partial charge in [-0.1, -0.05) is 48.5 Å². The number of nitrogens with one attached hydrogen (secondary N) is 2. The monoisotopic (exact) mass is 606 g/mol. The first kappa shape index (κ1) is 30.3. The van der Waals surface area contributed by atoms with Gasteiger partial charge in [0.05, 0.1) is 35.5 Å². The van der Waals surface area contributed by atoms with Crippen LogP contribution in [0.25, 0.3) is 0 Å². The van der Waals surface area contributed by atoms with Crippen molar-refractivity contribution in [2.45, 2.75) is 45.6 Å². The predicted octanol–water partition coefficient (Wildman–Crippen LogP) is 5.46. The van der Waals surface area contributed by atoms with Crippen molar-refractivity contribution in [3.63, 3.8) is 0 Å². The fraction of sp³-hybridized carbons (Fsp3) is 0.267. The van der Waals surface area contributed by atoms with Crippen LogP contribution in [0.5, 0.6) is 5.75 Å². The lowest BCUT2D eigenvalue weighted by Crippen LogP contribution is -2.49. The molecule has 0 bridgehead atoms. The van der Waals surface area contributed by atoms with E-state index in [0.717, 1.165) is 11.1 Å². The largest absolute Gasteiger partial charge is 0.488 e. The summed E-state index contributed by atoms with van der Waals surface area (Å²) >= 11 is 3.48. The summed E-state index contributed by atoms with van der Waals surface area (Å²) < 4.78 is 17.5. The maximum absolute atomic E-state index is 12.8. The Bertz CT molecular complexity index is 1370. The van der Waals surface area contributed by atoms with Crippen LogP contribution in [-0.4, -0.2) is 36.5 Å². The smallest absolute Gasteiger partial charge is 0.408 e. The molecule has 0 saturated carbocycles. The molecule has 0 saturated heterocycles. The van der Waals surface area contributed by atoms with Gasteiger partial charge in [0.1, 0.15) is 24.0 Å². The molecule has 0 aliphatic carbocycles. The zero-order chi connectivity index (χ0) is 29.0. The number of alkyl carbamates (subject to hydrolysis) is 1. The van der Waals surface area contributed by atoms with Crippen molar-refractivity contribution < 1.29 is 23.8 Å². The number of halogens is 1. The summed E-state index contributed by atoms with van der Waals surface area (Å²) in [5.41, 5.74) is 4.69. The highest BCUT2D eigenvalue weighted by Gasteiger charge is 2.24. The lowest BCUT2D eigenvalue weighted by molar-refractivity contribution is -0.124. The van der Waals surface area contributed by atoms with E-state index in [1.807, 2.05) is 42.5 Å². The molecule has 0 unspecified atom stereocenters. The van der Waals surface area contributed by atoms with Crippen LogP contribution in [0.1, 0.15) is 43.0 Å². The standard InChI is InChI=1S/C30H31BrN4O5/c1-30(2,3)40-29(37)34-26(20-38-18-21-9-5-4-6-10-21)28(36)35-33-17-22-13-14-27(25(31)15-22)39-19-24-12-8-7-11-23(24)16-32/h4-15,17,26H,18-20H2,1-3H3,(H,34,37)(H,35,36)/b33-17-/t26-/m0/s1. The summed E-state index contributed by atoms with van der Waals surface area (Å²) in [6.07, 6.45) is 0.726. The van der Waals surface area contributed by atoms with E-state index < -0.39 is 23.6 Å². The van der Waals surface area contributed by atoms with Gasteiger partial charge < -0.3 is 19.5 Å². The lowest BCUT2D eigenvalue weighted by Gasteiger charge is -2.22. The van der Waals surface area contributed by atoms with Crippen LogP contribution in [0.15, 0.2) is 82.4 Å². The maximum Gasteiger partial charge on any atom is 0.408 e. The molecule has 0 spiro atoms. The van der Waals surface area contributed by atoms with Gasteiger partial charge in [0.2, 0.25) is 0 Å². The van der Waals surface area contributed by atoms with E-state index >= 15 is 0 Å². The van der Waals surface area contributed by atoms with Gasteiger partial charge in [-0.2, -0.15) is 10.4 Å². The Hall–Kier alpha value is -4.20. The molecule has 208 valence electrons. The Morgan fingerprint density at radius 1 is 1.05 bits per heavy atom. The zero-order valence-electron chi connectivity index (χ0n) is 22.5. The number of hydrogen-bond donors (Lipinski definition) is 2. The molecule has 9 nitrogen and oxygen atoms in total. The van der Waals surface area contributed by atoms with Gasteiger partial charge in [-0.05, 0) is 72.1 Å². The van der Waals surface area contributed by atoms with E-state index in [4.69, 9.17) is 14.2 Å². The van der Waals surface area contributed by atoms with Gasteiger partial charge in [-0.15, -0.1) is 0 Å². The SMILES string of the molecule is CC(C)(C)OC(=O)N[C@@H](COCc1ccccc1)C(=O)N/N=C\c1ccc(OCc2ccccc2C#N)c(Br)c1. The highest BCUT2D eigenvalue weighted by Crippen LogP contribution is 2.26. The Kier molecular flexibility index (Phi) is 11.2. The van der Waals surface area contributed by atoms with Crippen LogP contribution in [0.3, 0.4) is 0 Å². The van der Waals surface area contributed by atoms with E-state index in [2.05, 4.69) is 37.8 Å². The van der Waals surface area contributed by atoms with Crippen LogP contribution < -0.4 is 15.5 Å². The Morgan fingerprint density at radius 2 is 1.77 bits per heavy atom. The molecular formula is C30H31BrN4O5. The number of hydrazone groups is 1. The van der Waals surface area contributed by atoms with E-state index in [0.29, 0.717) is 21.3 Å². The topological polar surface area (TPSA) is 122 Å². The molecule has 0 aliphatic heterocycles. The van der Waals surface area contributed by atoms with Crippen molar-refractivity contribution in [3.8, 4) is 11.8 Å². The predicted molar refractivity (Wildman–Crippen MR) is 155 cm³/mol. The second kappa shape index (κ2) is 14.8. The average molecular weight is 608 g/mol. The molecule has 40 heavy (non-hydrogen) atoms. The summed E-state index contributed by atoms with van der Waals surface area (Å²) in [6.45, 7) is 5.63. The summed E-state index contributed by atoms with van der Waals surface area (Å²) in [5.74, 6) is 0.0245. The Morgan fingerprint density at radius 3 is 2.48 bits per heavy atom. The molecule has 0 aliphatic rings. The number of nitrogens with zero attached hydrogens (tertiary/aromatic N) is 2. The van der Waals surface area contributed by atoms with Crippen LogP contribution in [0, 0.1) is 11.3 Å². The quantitative estimate of drug-likeness (QED) is 0.221. The fourth-order valence-electron chi connectivity index (χ4n) is 3.38. The number of rotatable bonds is 11. The molecule has 0 heterocycles. The average Bonchev–Trinajstić information content (AvgIpc) is 2.91. The summed E-state index contributed by atoms with van der Waals surface area (Å²) in [5, 5.41) is 15.8. The van der Waals surface area contributed by atoms with Gasteiger partial charge in [-0.25, -0.2) is 10.2 Å². The molecule has 3 aromatic carbocycles. The lowest BCUT2D eigenvalue weighted by atomic mass is 10.1. The summed E-state index contributed by atoms with van der Waals surface area (Å²) in [7, 11) is 0. The Labute approximate surface area is 242 Å². The molecule has 10 heteroatoms. The van der Waals surface area contributed by atoms with E-state index in [1.165, 1.54) is 6.21 Å². The minimum atomic E-state index is -1.03. The second-order valence-electron chi connectivity index (χ2n) is 9.68. The number of carbonyl (C=O) groups is 2. The first-order valence-electron chi connectivity index (χ1n) is 12.5. The number of ether oxygens (including phenoxy) is 3. The van der Waals surface area contributed by atoms with Gasteiger partial charge in [0, 0.05) is 5.56 Å². The molecule has 3 aromatic rings. The second-order valence-corrected chi connectivity index (χ2v) is 10.5. The van der Waals surface area contributed by atoms with Crippen molar-refractivity contribution in [2.75, 3.05) is 6.61 Å². The third-order valence-corrected chi connectivity index (χ3v) is 5.89. The first-order chi connectivity index (χ1) is 19.1. The maximum atomic E-state index is 12.8. The fourth-order valence-corrected chi connectivity index (χ4v) is 3.89. The number of benzene rings is 3. The van der Waals surface area contributed by atoms with Gasteiger partial charge in [-0.3, -0.25) is 4.79 Å². The van der Waals surface area contributed by atoms with E-state index in [1.54, 1.807) is 51.1 Å². The summed E-state index contributed by atoms with van der Waals surface area (Å²) in [4.78, 5) is 25.2. The highest BCUT2D eigenvalue weighted by molar-refractivity contribution is 9.10. The summed E-state index contributed by atoms with van der Waals surface area (Å²) in [6, 6.07) is 23.1. The minimum Gasteiger partial charge on any atom is -0.488 e. The van der Waals surface area contributed by atoms with Crippen molar-refractivity contribution in [2.24, 2.45) is 5.10 Å². The molecule has 3 rings (SSSR count). The molecule has 0 radical (unpaired) electrons. The molecule has 2 amide bonds. The number of nitriles is 1. The molecule has 0 aromatic heterocycles. The van der Waals surface area contributed by atoms with Crippen LogP contribution in [-0.2, 0) is 27.5 Å². The van der Waals surface area contributed by atoms with E-state index in [-0.39, 0.29) is 19.8 Å². The third-order valence-electron chi connectivity index (χ3n) is 5.27. The molecule has 0 fully saturated rings. The Balaban J connectivity index is 1.59. The van der Waals surface area contributed by atoms with Crippen molar-refractivity contribution in [3.05, 3.63) is 99.5 Å². The molecular weight excluding hydrogens is 576 g/mol. The zero-order valence-corrected chi connectivity index (χ0v) is 24.1. The first-order valence-corrected chi connectivity index (χ1v) is 13.3. The van der Waals surface area contributed by atoms with Crippen LogP contribution in [0.2, 0.25) is 0 Å². The van der Waals surface area contributed by atoms with Crippen molar-refractivity contribution in [1.29, 1.82) is 5.26 Å². The van der Waals surface area contributed by atoms with Gasteiger partial charge in [0.15, 0.2) is 0 Å². The van der Waals surface area contributed by atoms with Crippen LogP contribution >= 0.6 is 15.9 Å². The van der Waals surface area contributed by atoms with Gasteiger partial charge >= 0.3 is 6.09 Å². The van der Waals surface area contributed by atoms with E-state index in [9.17, 15) is 14.9 Å². The molecule has 2 N–H and O–H groups in total. The van der Waals surface area contributed by atoms with Crippen molar-refractivity contribution >= 4 is 34.1 Å². The highest BCUT2D eigenvalue weighted by atomic mass is 79.9. The normalized spacial score (nSPS) is 11.9. The minimum absolute atomic E-state index is 0.0813. The van der Waals surface area contributed by atoms with Crippen molar-refractivity contribution in [1.82, 2.24) is 10.7 Å².